The van der Waals surface area contributed by atoms with E-state index in [2.05, 4.69) is 11.1 Å². The second kappa shape index (κ2) is 5.63. The number of ether oxygens (including phenoxy) is 1. The van der Waals surface area contributed by atoms with Crippen molar-refractivity contribution in [3.8, 4) is 5.75 Å². The minimum absolute atomic E-state index is 0.00690. The van der Waals surface area contributed by atoms with Crippen LogP contribution in [-0.4, -0.2) is 23.6 Å². The summed E-state index contributed by atoms with van der Waals surface area (Å²) in [5, 5.41) is 11.2. The molecule has 0 saturated heterocycles. The van der Waals surface area contributed by atoms with Crippen molar-refractivity contribution in [2.24, 2.45) is 0 Å². The standard InChI is InChI=1S/C16H17N3O3/c1-11-14-10-13(22-2)6-5-12(14)7-9-18(11)16-15(19(20)21)4-3-8-17-16/h3-6,8,10-11H,7,9H2,1-2H3. The first kappa shape index (κ1) is 14.3. The van der Waals surface area contributed by atoms with Gasteiger partial charge in [-0.3, -0.25) is 10.1 Å². The minimum atomic E-state index is -0.379. The summed E-state index contributed by atoms with van der Waals surface area (Å²) < 4.78 is 5.29. The van der Waals surface area contributed by atoms with Gasteiger partial charge in [-0.25, -0.2) is 4.98 Å². The van der Waals surface area contributed by atoms with Crippen molar-refractivity contribution in [1.82, 2.24) is 4.98 Å². The third-order valence-electron chi connectivity index (χ3n) is 4.13. The summed E-state index contributed by atoms with van der Waals surface area (Å²) in [7, 11) is 1.64. The Morgan fingerprint density at radius 2 is 2.23 bits per heavy atom. The van der Waals surface area contributed by atoms with Gasteiger partial charge in [0.1, 0.15) is 5.75 Å². The quantitative estimate of drug-likeness (QED) is 0.643. The maximum atomic E-state index is 11.2. The number of anilines is 1. The Morgan fingerprint density at radius 1 is 1.41 bits per heavy atom. The van der Waals surface area contributed by atoms with Gasteiger partial charge < -0.3 is 9.64 Å². The molecule has 2 aromatic rings. The summed E-state index contributed by atoms with van der Waals surface area (Å²) in [6.45, 7) is 2.74. The van der Waals surface area contributed by atoms with E-state index >= 15 is 0 Å². The molecule has 0 N–H and O–H groups in total. The van der Waals surface area contributed by atoms with Crippen LogP contribution in [0.2, 0.25) is 0 Å². The van der Waals surface area contributed by atoms with Crippen LogP contribution in [0.1, 0.15) is 24.1 Å². The van der Waals surface area contributed by atoms with Gasteiger partial charge >= 0.3 is 5.69 Å². The van der Waals surface area contributed by atoms with Crippen LogP contribution < -0.4 is 9.64 Å². The van der Waals surface area contributed by atoms with Crippen LogP contribution in [0.25, 0.3) is 0 Å². The van der Waals surface area contributed by atoms with Crippen molar-refractivity contribution in [1.29, 1.82) is 0 Å². The highest BCUT2D eigenvalue weighted by atomic mass is 16.6. The van der Waals surface area contributed by atoms with E-state index in [1.165, 1.54) is 11.6 Å². The molecule has 0 aliphatic carbocycles. The molecule has 1 unspecified atom stereocenters. The van der Waals surface area contributed by atoms with Gasteiger partial charge in [0.2, 0.25) is 5.82 Å². The summed E-state index contributed by atoms with van der Waals surface area (Å²) in [5.74, 6) is 1.22. The lowest BCUT2D eigenvalue weighted by Crippen LogP contribution is -2.35. The summed E-state index contributed by atoms with van der Waals surface area (Å²) in [5.41, 5.74) is 2.43. The highest BCUT2D eigenvalue weighted by Crippen LogP contribution is 2.37. The Labute approximate surface area is 128 Å². The SMILES string of the molecule is COc1ccc2c(c1)C(C)N(c1ncccc1[N+](=O)[O-])CC2. The van der Waals surface area contributed by atoms with E-state index in [4.69, 9.17) is 4.74 Å². The lowest BCUT2D eigenvalue weighted by atomic mass is 9.93. The maximum Gasteiger partial charge on any atom is 0.311 e. The van der Waals surface area contributed by atoms with E-state index in [-0.39, 0.29) is 16.7 Å². The van der Waals surface area contributed by atoms with Gasteiger partial charge in [0.25, 0.3) is 0 Å². The summed E-state index contributed by atoms with van der Waals surface area (Å²) in [6, 6.07) is 9.11. The molecular weight excluding hydrogens is 282 g/mol. The summed E-state index contributed by atoms with van der Waals surface area (Å²) in [6.07, 6.45) is 2.42. The molecule has 0 radical (unpaired) electrons. The van der Waals surface area contributed by atoms with Crippen LogP contribution in [0.5, 0.6) is 5.75 Å². The fourth-order valence-electron chi connectivity index (χ4n) is 2.96. The van der Waals surface area contributed by atoms with Crippen molar-refractivity contribution in [2.75, 3.05) is 18.6 Å². The maximum absolute atomic E-state index is 11.2. The molecular formula is C16H17N3O3. The van der Waals surface area contributed by atoms with E-state index in [0.717, 1.165) is 17.7 Å². The number of hydrogen-bond donors (Lipinski definition) is 0. The van der Waals surface area contributed by atoms with Crippen molar-refractivity contribution >= 4 is 11.5 Å². The molecule has 3 rings (SSSR count). The first-order chi connectivity index (χ1) is 10.6. The number of nitrogens with zero attached hydrogens (tertiary/aromatic N) is 3. The molecule has 0 spiro atoms. The topological polar surface area (TPSA) is 68.5 Å². The molecule has 0 saturated carbocycles. The van der Waals surface area contributed by atoms with Gasteiger partial charge in [0.05, 0.1) is 18.1 Å². The van der Waals surface area contributed by atoms with Gasteiger partial charge in [-0.05, 0) is 42.7 Å². The predicted molar refractivity (Wildman–Crippen MR) is 83.4 cm³/mol. The average Bonchev–Trinajstić information content (AvgIpc) is 2.55. The van der Waals surface area contributed by atoms with E-state index in [1.807, 2.05) is 24.0 Å². The number of pyridine rings is 1. The summed E-state index contributed by atoms with van der Waals surface area (Å²) in [4.78, 5) is 17.1. The second-order valence-electron chi connectivity index (χ2n) is 5.29. The van der Waals surface area contributed by atoms with Crippen molar-refractivity contribution in [3.05, 3.63) is 57.8 Å². The molecule has 0 fully saturated rings. The number of fused-ring (bicyclic) bond motifs is 1. The molecule has 1 aromatic heterocycles. The Bertz CT molecular complexity index is 718. The van der Waals surface area contributed by atoms with Crippen molar-refractivity contribution < 1.29 is 9.66 Å². The number of benzene rings is 1. The van der Waals surface area contributed by atoms with E-state index < -0.39 is 0 Å². The molecule has 22 heavy (non-hydrogen) atoms. The van der Waals surface area contributed by atoms with Crippen molar-refractivity contribution in [3.63, 3.8) is 0 Å². The normalized spacial score (nSPS) is 17.0. The molecule has 6 heteroatoms. The van der Waals surface area contributed by atoms with Gasteiger partial charge in [-0.2, -0.15) is 0 Å². The molecule has 1 aromatic carbocycles. The highest BCUT2D eigenvalue weighted by molar-refractivity contribution is 5.60. The van der Waals surface area contributed by atoms with Gasteiger partial charge in [0.15, 0.2) is 0 Å². The van der Waals surface area contributed by atoms with Gasteiger partial charge in [0, 0.05) is 18.8 Å². The largest absolute Gasteiger partial charge is 0.497 e. The highest BCUT2D eigenvalue weighted by Gasteiger charge is 2.29. The van der Waals surface area contributed by atoms with Crippen LogP contribution in [0, 0.1) is 10.1 Å². The molecule has 0 amide bonds. The van der Waals surface area contributed by atoms with Gasteiger partial charge in [-0.15, -0.1) is 0 Å². The molecule has 114 valence electrons. The zero-order valence-electron chi connectivity index (χ0n) is 12.5. The zero-order chi connectivity index (χ0) is 15.7. The third-order valence-corrected chi connectivity index (χ3v) is 4.13. The number of rotatable bonds is 3. The fraction of sp³-hybridized carbons (Fsp3) is 0.312. The molecule has 1 atom stereocenters. The lowest BCUT2D eigenvalue weighted by Gasteiger charge is -2.35. The van der Waals surface area contributed by atoms with Crippen LogP contribution in [0.3, 0.4) is 0 Å². The average molecular weight is 299 g/mol. The monoisotopic (exact) mass is 299 g/mol. The number of methoxy groups -OCH3 is 1. The second-order valence-corrected chi connectivity index (χ2v) is 5.29. The fourth-order valence-corrected chi connectivity index (χ4v) is 2.96. The van der Waals surface area contributed by atoms with Crippen LogP contribution in [0.4, 0.5) is 11.5 Å². The van der Waals surface area contributed by atoms with E-state index in [0.29, 0.717) is 12.4 Å². The number of aromatic nitrogens is 1. The van der Waals surface area contributed by atoms with Crippen LogP contribution in [0.15, 0.2) is 36.5 Å². The molecule has 1 aliphatic rings. The smallest absolute Gasteiger partial charge is 0.311 e. The third kappa shape index (κ3) is 2.36. The molecule has 1 aliphatic heterocycles. The lowest BCUT2D eigenvalue weighted by molar-refractivity contribution is -0.384. The minimum Gasteiger partial charge on any atom is -0.497 e. The zero-order valence-corrected chi connectivity index (χ0v) is 12.5. The Hall–Kier alpha value is -2.63. The summed E-state index contributed by atoms with van der Waals surface area (Å²) >= 11 is 0. The van der Waals surface area contributed by atoms with E-state index in [9.17, 15) is 10.1 Å². The number of nitro groups is 1. The molecule has 2 heterocycles. The molecule has 0 bridgehead atoms. The Morgan fingerprint density at radius 3 is 2.95 bits per heavy atom. The first-order valence-corrected chi connectivity index (χ1v) is 7.14. The molecule has 6 nitrogen and oxygen atoms in total. The Kier molecular flexibility index (Phi) is 3.66. The van der Waals surface area contributed by atoms with E-state index in [1.54, 1.807) is 19.4 Å². The van der Waals surface area contributed by atoms with Gasteiger partial charge in [-0.1, -0.05) is 6.07 Å². The number of hydrogen-bond acceptors (Lipinski definition) is 5. The predicted octanol–water partition coefficient (Wildman–Crippen LogP) is 3.12. The van der Waals surface area contributed by atoms with Crippen LogP contribution >= 0.6 is 0 Å². The van der Waals surface area contributed by atoms with Crippen LogP contribution in [-0.2, 0) is 6.42 Å². The first-order valence-electron chi connectivity index (χ1n) is 7.14. The van der Waals surface area contributed by atoms with Crippen molar-refractivity contribution in [2.45, 2.75) is 19.4 Å². The Balaban J connectivity index is 2.02.